The Kier molecular flexibility index (Phi) is 3.07. The Balaban J connectivity index is 2.97. The molecule has 0 saturated carbocycles. The number of para-hydroxylation sites is 1. The van der Waals surface area contributed by atoms with Crippen molar-refractivity contribution < 1.29 is 9.53 Å². The summed E-state index contributed by atoms with van der Waals surface area (Å²) in [6.07, 6.45) is 0. The van der Waals surface area contributed by atoms with Crippen molar-refractivity contribution in [2.24, 2.45) is 0 Å². The first-order chi connectivity index (χ1) is 6.11. The number of carbonyl (C=O) groups is 1. The molecule has 0 spiro atoms. The second-order valence-corrected chi connectivity index (χ2v) is 3.29. The van der Waals surface area contributed by atoms with E-state index in [1.807, 2.05) is 24.3 Å². The summed E-state index contributed by atoms with van der Waals surface area (Å²) in [5.41, 5.74) is 1.07. The van der Waals surface area contributed by atoms with Crippen LogP contribution in [0.1, 0.15) is 32.3 Å². The fourth-order valence-corrected chi connectivity index (χ4v) is 1.21. The summed E-state index contributed by atoms with van der Waals surface area (Å²) in [5, 5.41) is 0. The lowest BCUT2D eigenvalue weighted by molar-refractivity contribution is -0.131. The van der Waals surface area contributed by atoms with Gasteiger partial charge in [-0.1, -0.05) is 32.0 Å². The third kappa shape index (κ3) is 2.58. The van der Waals surface area contributed by atoms with Crippen molar-refractivity contribution in [1.82, 2.24) is 0 Å². The molecule has 0 atom stereocenters. The van der Waals surface area contributed by atoms with Crippen LogP contribution in [0.5, 0.6) is 5.75 Å². The predicted octanol–water partition coefficient (Wildman–Crippen LogP) is 2.74. The Labute approximate surface area is 78.5 Å². The molecule has 13 heavy (non-hydrogen) atoms. The summed E-state index contributed by atoms with van der Waals surface area (Å²) < 4.78 is 5.07. The Morgan fingerprint density at radius 1 is 1.31 bits per heavy atom. The molecule has 0 saturated heterocycles. The first-order valence-corrected chi connectivity index (χ1v) is 4.38. The minimum absolute atomic E-state index is 0.270. The maximum absolute atomic E-state index is 10.8. The van der Waals surface area contributed by atoms with E-state index >= 15 is 0 Å². The molecule has 1 rings (SSSR count). The number of carbonyl (C=O) groups excluding carboxylic acids is 1. The zero-order valence-corrected chi connectivity index (χ0v) is 8.20. The summed E-state index contributed by atoms with van der Waals surface area (Å²) in [6.45, 7) is 5.56. The molecule has 2 heteroatoms. The topological polar surface area (TPSA) is 26.3 Å². The first kappa shape index (κ1) is 9.78. The second-order valence-electron chi connectivity index (χ2n) is 3.29. The maximum Gasteiger partial charge on any atom is 0.308 e. The quantitative estimate of drug-likeness (QED) is 0.514. The highest BCUT2D eigenvalue weighted by Crippen LogP contribution is 2.25. The lowest BCUT2D eigenvalue weighted by atomic mass is 10.0. The summed E-state index contributed by atoms with van der Waals surface area (Å²) in [5.74, 6) is 0.772. The van der Waals surface area contributed by atoms with Crippen molar-refractivity contribution in [2.75, 3.05) is 0 Å². The minimum atomic E-state index is -0.270. The van der Waals surface area contributed by atoms with Crippen LogP contribution in [0.4, 0.5) is 0 Å². The molecule has 0 bridgehead atoms. The highest BCUT2D eigenvalue weighted by Gasteiger charge is 2.07. The third-order valence-electron chi connectivity index (χ3n) is 1.79. The maximum atomic E-state index is 10.8. The molecule has 70 valence electrons. The van der Waals surface area contributed by atoms with Gasteiger partial charge in [-0.3, -0.25) is 4.79 Å². The number of rotatable bonds is 2. The van der Waals surface area contributed by atoms with Crippen LogP contribution in [0.2, 0.25) is 0 Å². The van der Waals surface area contributed by atoms with Gasteiger partial charge in [0.2, 0.25) is 0 Å². The van der Waals surface area contributed by atoms with E-state index in [0.717, 1.165) is 5.56 Å². The van der Waals surface area contributed by atoms with Crippen LogP contribution in [0.15, 0.2) is 24.3 Å². The van der Waals surface area contributed by atoms with E-state index in [0.29, 0.717) is 11.7 Å². The van der Waals surface area contributed by atoms with Crippen molar-refractivity contribution in [1.29, 1.82) is 0 Å². The molecule has 0 fully saturated rings. The molecule has 0 aliphatic heterocycles. The van der Waals surface area contributed by atoms with Crippen molar-refractivity contribution >= 4 is 5.97 Å². The average molecular weight is 178 g/mol. The van der Waals surface area contributed by atoms with Gasteiger partial charge in [0.25, 0.3) is 0 Å². The van der Waals surface area contributed by atoms with Gasteiger partial charge in [0, 0.05) is 6.92 Å². The van der Waals surface area contributed by atoms with Gasteiger partial charge in [-0.2, -0.15) is 0 Å². The van der Waals surface area contributed by atoms with Crippen molar-refractivity contribution in [2.45, 2.75) is 26.7 Å². The van der Waals surface area contributed by atoms with E-state index in [1.54, 1.807) is 0 Å². The highest BCUT2D eigenvalue weighted by atomic mass is 16.5. The molecular formula is C11H14O2. The van der Waals surface area contributed by atoms with Gasteiger partial charge in [0.1, 0.15) is 5.75 Å². The van der Waals surface area contributed by atoms with E-state index in [4.69, 9.17) is 4.74 Å². The summed E-state index contributed by atoms with van der Waals surface area (Å²) in [7, 11) is 0. The van der Waals surface area contributed by atoms with Crippen molar-refractivity contribution in [3.63, 3.8) is 0 Å². The number of ether oxygens (including phenoxy) is 1. The second kappa shape index (κ2) is 4.08. The lowest BCUT2D eigenvalue weighted by Crippen LogP contribution is -2.04. The normalized spacial score (nSPS) is 10.2. The van der Waals surface area contributed by atoms with Crippen molar-refractivity contribution in [3.8, 4) is 5.75 Å². The zero-order valence-electron chi connectivity index (χ0n) is 8.20. The molecule has 0 heterocycles. The number of benzene rings is 1. The molecule has 0 aliphatic carbocycles. The van der Waals surface area contributed by atoms with Gasteiger partial charge in [-0.25, -0.2) is 0 Å². The van der Waals surface area contributed by atoms with Crippen LogP contribution >= 0.6 is 0 Å². The van der Waals surface area contributed by atoms with Gasteiger partial charge in [-0.05, 0) is 17.5 Å². The monoisotopic (exact) mass is 178 g/mol. The number of hydrogen-bond acceptors (Lipinski definition) is 2. The largest absolute Gasteiger partial charge is 0.426 e. The first-order valence-electron chi connectivity index (χ1n) is 4.38. The van der Waals surface area contributed by atoms with Crippen LogP contribution < -0.4 is 4.74 Å². The fraction of sp³-hybridized carbons (Fsp3) is 0.364. The highest BCUT2D eigenvalue weighted by molar-refractivity contribution is 5.69. The summed E-state index contributed by atoms with van der Waals surface area (Å²) >= 11 is 0. The Hall–Kier alpha value is -1.31. The van der Waals surface area contributed by atoms with Crippen molar-refractivity contribution in [3.05, 3.63) is 29.8 Å². The van der Waals surface area contributed by atoms with E-state index in [2.05, 4.69) is 13.8 Å². The standard InChI is InChI=1S/C11H14O2/c1-8(2)10-6-4-5-7-11(10)13-9(3)12/h4-8H,1-3H3. The Bertz CT molecular complexity index is 303. The van der Waals surface area contributed by atoms with E-state index in [9.17, 15) is 4.79 Å². The van der Waals surface area contributed by atoms with Gasteiger partial charge in [-0.15, -0.1) is 0 Å². The SMILES string of the molecule is CC(=O)Oc1ccccc1C(C)C. The molecule has 0 aromatic heterocycles. The fourth-order valence-electron chi connectivity index (χ4n) is 1.21. The predicted molar refractivity (Wildman–Crippen MR) is 51.8 cm³/mol. The molecule has 2 nitrogen and oxygen atoms in total. The summed E-state index contributed by atoms with van der Waals surface area (Å²) in [4.78, 5) is 10.8. The molecule has 0 N–H and O–H groups in total. The van der Waals surface area contributed by atoms with Crippen LogP contribution in [-0.4, -0.2) is 5.97 Å². The molecule has 1 aromatic rings. The van der Waals surface area contributed by atoms with Crippen LogP contribution in [0, 0.1) is 0 Å². The van der Waals surface area contributed by atoms with Gasteiger partial charge < -0.3 is 4.74 Å². The molecule has 1 aromatic carbocycles. The number of hydrogen-bond donors (Lipinski definition) is 0. The van der Waals surface area contributed by atoms with E-state index in [-0.39, 0.29) is 5.97 Å². The van der Waals surface area contributed by atoms with Crippen LogP contribution in [0.3, 0.4) is 0 Å². The van der Waals surface area contributed by atoms with Crippen LogP contribution in [-0.2, 0) is 4.79 Å². The average Bonchev–Trinajstić information content (AvgIpc) is 2.03. The molecule has 0 radical (unpaired) electrons. The zero-order chi connectivity index (χ0) is 9.84. The Morgan fingerprint density at radius 3 is 2.46 bits per heavy atom. The molecular weight excluding hydrogens is 164 g/mol. The van der Waals surface area contributed by atoms with E-state index < -0.39 is 0 Å². The molecule has 0 amide bonds. The lowest BCUT2D eigenvalue weighted by Gasteiger charge is -2.10. The van der Waals surface area contributed by atoms with Crippen LogP contribution in [0.25, 0.3) is 0 Å². The number of esters is 1. The van der Waals surface area contributed by atoms with Gasteiger partial charge >= 0.3 is 5.97 Å². The summed E-state index contributed by atoms with van der Waals surface area (Å²) in [6, 6.07) is 7.60. The molecule has 0 aliphatic rings. The minimum Gasteiger partial charge on any atom is -0.426 e. The third-order valence-corrected chi connectivity index (χ3v) is 1.79. The Morgan fingerprint density at radius 2 is 1.92 bits per heavy atom. The van der Waals surface area contributed by atoms with Gasteiger partial charge in [0.15, 0.2) is 0 Å². The van der Waals surface area contributed by atoms with E-state index in [1.165, 1.54) is 6.92 Å². The molecule has 0 unspecified atom stereocenters. The van der Waals surface area contributed by atoms with Gasteiger partial charge in [0.05, 0.1) is 0 Å². The smallest absolute Gasteiger partial charge is 0.308 e.